The van der Waals surface area contributed by atoms with Gasteiger partial charge in [0.1, 0.15) is 0 Å². The molecular weight excluding hydrogens is 90.1 g/mol. The third-order valence-corrected chi connectivity index (χ3v) is 0.468. The molecule has 0 fully saturated rings. The molecule has 0 amide bonds. The van der Waals surface area contributed by atoms with Crippen LogP contribution in [0, 0.1) is 0 Å². The van der Waals surface area contributed by atoms with E-state index in [2.05, 4.69) is 0 Å². The second-order valence-electron chi connectivity index (χ2n) is 1.13. The maximum absolute atomic E-state index is 5.11. The first kappa shape index (κ1) is 6.50. The molecule has 2 nitrogen and oxygen atoms in total. The fraction of sp³-hybridized carbons (Fsp3) is 0.600. The Morgan fingerprint density at radius 1 is 1.71 bits per heavy atom. The molecular formula is C5H11NO. The molecule has 0 atom stereocenters. The number of hydrogen-bond donors (Lipinski definition) is 1. The summed E-state index contributed by atoms with van der Waals surface area (Å²) in [6, 6.07) is 0. The van der Waals surface area contributed by atoms with Gasteiger partial charge in [-0.1, -0.05) is 6.08 Å². The molecule has 0 aliphatic carbocycles. The molecule has 0 radical (unpaired) electrons. The molecule has 2 N–H and O–H groups in total. The van der Waals surface area contributed by atoms with E-state index in [9.17, 15) is 0 Å². The van der Waals surface area contributed by atoms with Crippen LogP contribution in [0.5, 0.6) is 0 Å². The van der Waals surface area contributed by atoms with Crippen LogP contribution in [0.3, 0.4) is 0 Å². The van der Waals surface area contributed by atoms with Crippen LogP contribution < -0.4 is 5.73 Å². The van der Waals surface area contributed by atoms with Crippen LogP contribution in [0.25, 0.3) is 0 Å². The summed E-state index contributed by atoms with van der Waals surface area (Å²) >= 11 is 0. The minimum absolute atomic E-state index is 0.588. The van der Waals surface area contributed by atoms with Crippen molar-refractivity contribution in [1.29, 1.82) is 0 Å². The van der Waals surface area contributed by atoms with E-state index in [1.807, 2.05) is 13.0 Å². The summed E-state index contributed by atoms with van der Waals surface area (Å²) in [5, 5.41) is 0. The predicted octanol–water partition coefficient (Wildman–Crippen LogP) is 0.495. The van der Waals surface area contributed by atoms with Crippen molar-refractivity contribution in [3.05, 3.63) is 12.3 Å². The van der Waals surface area contributed by atoms with Crippen molar-refractivity contribution in [2.24, 2.45) is 5.73 Å². The van der Waals surface area contributed by atoms with Crippen LogP contribution in [-0.4, -0.2) is 13.2 Å². The molecule has 0 aromatic carbocycles. The molecule has 2 heteroatoms. The number of nitrogens with two attached hydrogens (primary N) is 1. The lowest BCUT2D eigenvalue weighted by atomic mass is 10.7. The molecule has 0 saturated carbocycles. The average molecular weight is 101 g/mol. The summed E-state index contributed by atoms with van der Waals surface area (Å²) in [6.45, 7) is 3.10. The van der Waals surface area contributed by atoms with Crippen molar-refractivity contribution < 1.29 is 4.74 Å². The fourth-order valence-electron chi connectivity index (χ4n) is 0.232. The zero-order chi connectivity index (χ0) is 5.54. The SMILES string of the molecule is CC=COCCN. The van der Waals surface area contributed by atoms with E-state index in [4.69, 9.17) is 10.5 Å². The molecule has 0 aliphatic rings. The van der Waals surface area contributed by atoms with Crippen LogP contribution >= 0.6 is 0 Å². The zero-order valence-electron chi connectivity index (χ0n) is 4.55. The van der Waals surface area contributed by atoms with Gasteiger partial charge >= 0.3 is 0 Å². The lowest BCUT2D eigenvalue weighted by Crippen LogP contribution is -2.04. The van der Waals surface area contributed by atoms with E-state index in [0.29, 0.717) is 13.2 Å². The molecule has 0 aromatic heterocycles. The van der Waals surface area contributed by atoms with E-state index in [-0.39, 0.29) is 0 Å². The number of hydrogen-bond acceptors (Lipinski definition) is 2. The maximum Gasteiger partial charge on any atom is 0.0995 e. The van der Waals surface area contributed by atoms with Crippen LogP contribution in [0.15, 0.2) is 12.3 Å². The second kappa shape index (κ2) is 5.50. The fourth-order valence-corrected chi connectivity index (χ4v) is 0.232. The quantitative estimate of drug-likeness (QED) is 0.415. The van der Waals surface area contributed by atoms with E-state index >= 15 is 0 Å². The highest BCUT2D eigenvalue weighted by atomic mass is 16.5. The van der Waals surface area contributed by atoms with Gasteiger partial charge in [0, 0.05) is 6.54 Å². The summed E-state index contributed by atoms with van der Waals surface area (Å²) < 4.78 is 4.83. The molecule has 0 rings (SSSR count). The molecule has 0 aliphatic heterocycles. The lowest BCUT2D eigenvalue weighted by molar-refractivity contribution is 0.259. The monoisotopic (exact) mass is 101 g/mol. The molecule has 0 bridgehead atoms. The van der Waals surface area contributed by atoms with E-state index in [1.54, 1.807) is 6.26 Å². The highest BCUT2D eigenvalue weighted by molar-refractivity contribution is 4.64. The van der Waals surface area contributed by atoms with Crippen LogP contribution in [0.2, 0.25) is 0 Å². The van der Waals surface area contributed by atoms with Crippen molar-refractivity contribution in [1.82, 2.24) is 0 Å². The second-order valence-corrected chi connectivity index (χ2v) is 1.13. The molecule has 0 saturated heterocycles. The van der Waals surface area contributed by atoms with Gasteiger partial charge in [-0.3, -0.25) is 0 Å². The predicted molar refractivity (Wildman–Crippen MR) is 29.8 cm³/mol. The van der Waals surface area contributed by atoms with Gasteiger partial charge in [-0.25, -0.2) is 0 Å². The lowest BCUT2D eigenvalue weighted by Gasteiger charge is -1.92. The van der Waals surface area contributed by atoms with Gasteiger partial charge in [0.15, 0.2) is 0 Å². The number of allylic oxidation sites excluding steroid dienone is 1. The first-order valence-corrected chi connectivity index (χ1v) is 2.34. The topological polar surface area (TPSA) is 35.2 Å². The van der Waals surface area contributed by atoms with E-state index in [0.717, 1.165) is 0 Å². The van der Waals surface area contributed by atoms with Gasteiger partial charge in [-0.05, 0) is 6.92 Å². The smallest absolute Gasteiger partial charge is 0.0995 e. The normalized spacial score (nSPS) is 10.0. The van der Waals surface area contributed by atoms with Crippen LogP contribution in [0.4, 0.5) is 0 Å². The molecule has 0 unspecified atom stereocenters. The van der Waals surface area contributed by atoms with Crippen molar-refractivity contribution in [2.75, 3.05) is 13.2 Å². The molecule has 7 heavy (non-hydrogen) atoms. The minimum Gasteiger partial charge on any atom is -0.500 e. The van der Waals surface area contributed by atoms with Gasteiger partial charge in [-0.2, -0.15) is 0 Å². The zero-order valence-corrected chi connectivity index (χ0v) is 4.55. The Balaban J connectivity index is 2.69. The van der Waals surface area contributed by atoms with E-state index in [1.165, 1.54) is 0 Å². The number of rotatable bonds is 3. The summed E-state index contributed by atoms with van der Waals surface area (Å²) in [7, 11) is 0. The number of ether oxygens (including phenoxy) is 1. The van der Waals surface area contributed by atoms with Gasteiger partial charge in [0.05, 0.1) is 12.9 Å². The summed E-state index contributed by atoms with van der Waals surface area (Å²) in [4.78, 5) is 0. The first-order valence-electron chi connectivity index (χ1n) is 2.34. The van der Waals surface area contributed by atoms with Gasteiger partial charge < -0.3 is 10.5 Å². The van der Waals surface area contributed by atoms with Gasteiger partial charge in [0.25, 0.3) is 0 Å². The average Bonchev–Trinajstić information content (AvgIpc) is 1.69. The third kappa shape index (κ3) is 5.50. The first-order chi connectivity index (χ1) is 3.41. The van der Waals surface area contributed by atoms with Crippen molar-refractivity contribution in [2.45, 2.75) is 6.92 Å². The molecule has 0 spiro atoms. The summed E-state index contributed by atoms with van der Waals surface area (Å²) in [5.74, 6) is 0. The van der Waals surface area contributed by atoms with E-state index < -0.39 is 0 Å². The Labute approximate surface area is 44.0 Å². The van der Waals surface area contributed by atoms with Gasteiger partial charge in [-0.15, -0.1) is 0 Å². The highest BCUT2D eigenvalue weighted by Gasteiger charge is 1.70. The Bertz CT molecular complexity index is 52.0. The Morgan fingerprint density at radius 3 is 2.86 bits per heavy atom. The standard InChI is InChI=1S/C5H11NO/c1-2-4-7-5-3-6/h2,4H,3,5-6H2,1H3. The Kier molecular flexibility index (Phi) is 5.11. The molecule has 42 valence electrons. The van der Waals surface area contributed by atoms with Crippen molar-refractivity contribution in [3.63, 3.8) is 0 Å². The maximum atomic E-state index is 5.11. The highest BCUT2D eigenvalue weighted by Crippen LogP contribution is 1.71. The third-order valence-electron chi connectivity index (χ3n) is 0.468. The molecule has 0 aromatic rings. The minimum atomic E-state index is 0.588. The largest absolute Gasteiger partial charge is 0.500 e. The Morgan fingerprint density at radius 2 is 2.43 bits per heavy atom. The van der Waals surface area contributed by atoms with Crippen molar-refractivity contribution in [3.8, 4) is 0 Å². The van der Waals surface area contributed by atoms with Crippen LogP contribution in [0.1, 0.15) is 6.92 Å². The van der Waals surface area contributed by atoms with Crippen molar-refractivity contribution >= 4 is 0 Å². The summed E-state index contributed by atoms with van der Waals surface area (Å²) in [6.07, 6.45) is 3.46. The summed E-state index contributed by atoms with van der Waals surface area (Å²) in [5.41, 5.74) is 5.11. The van der Waals surface area contributed by atoms with Crippen LogP contribution in [-0.2, 0) is 4.74 Å². The Hall–Kier alpha value is -0.500. The molecule has 0 heterocycles. The van der Waals surface area contributed by atoms with Gasteiger partial charge in [0.2, 0.25) is 0 Å².